The first kappa shape index (κ1) is 15.2. The summed E-state index contributed by atoms with van der Waals surface area (Å²) in [5.74, 6) is 0.264. The highest BCUT2D eigenvalue weighted by atomic mass is 32.1. The maximum Gasteiger partial charge on any atom is 0.277 e. The van der Waals surface area contributed by atoms with Crippen molar-refractivity contribution < 1.29 is 9.53 Å². The molecule has 3 aromatic rings. The number of benzene rings is 1. The molecule has 2 heterocycles. The number of carbonyl (C=O) groups is 1. The number of hydrogen-bond acceptors (Lipinski definition) is 5. The second kappa shape index (κ2) is 7.02. The van der Waals surface area contributed by atoms with Crippen molar-refractivity contribution >= 4 is 34.4 Å². The molecule has 0 saturated carbocycles. The van der Waals surface area contributed by atoms with E-state index in [1.807, 2.05) is 42.6 Å². The van der Waals surface area contributed by atoms with Gasteiger partial charge in [0.05, 0.1) is 6.21 Å². The zero-order valence-corrected chi connectivity index (χ0v) is 13.3. The van der Waals surface area contributed by atoms with Crippen molar-refractivity contribution in [1.82, 2.24) is 10.4 Å². The summed E-state index contributed by atoms with van der Waals surface area (Å²) in [6.07, 6.45) is 3.33. The zero-order valence-electron chi connectivity index (χ0n) is 12.5. The number of amides is 1. The van der Waals surface area contributed by atoms with Gasteiger partial charge < -0.3 is 4.74 Å². The van der Waals surface area contributed by atoms with Crippen LogP contribution in [0.4, 0.5) is 0 Å². The number of para-hydroxylation sites is 1. The van der Waals surface area contributed by atoms with Crippen molar-refractivity contribution in [2.75, 3.05) is 6.61 Å². The maximum atomic E-state index is 11.8. The Balaban J connectivity index is 1.58. The van der Waals surface area contributed by atoms with Gasteiger partial charge in [-0.3, -0.25) is 9.78 Å². The minimum Gasteiger partial charge on any atom is -0.481 e. The van der Waals surface area contributed by atoms with Crippen LogP contribution in [-0.2, 0) is 4.79 Å². The van der Waals surface area contributed by atoms with Crippen LogP contribution in [0.15, 0.2) is 53.1 Å². The Morgan fingerprint density at radius 3 is 3.04 bits per heavy atom. The highest BCUT2D eigenvalue weighted by Crippen LogP contribution is 2.22. The lowest BCUT2D eigenvalue weighted by atomic mass is 10.2. The Morgan fingerprint density at radius 2 is 2.22 bits per heavy atom. The molecule has 0 atom stereocenters. The van der Waals surface area contributed by atoms with Crippen LogP contribution in [0.1, 0.15) is 10.4 Å². The Hall–Kier alpha value is -2.73. The molecule has 0 bridgehead atoms. The van der Waals surface area contributed by atoms with Crippen LogP contribution in [0.3, 0.4) is 0 Å². The quantitative estimate of drug-likeness (QED) is 0.579. The number of hydrogen-bond donors (Lipinski definition) is 1. The normalized spacial score (nSPS) is 11.0. The Labute approximate surface area is 137 Å². The second-order valence-electron chi connectivity index (χ2n) is 4.88. The first-order valence-corrected chi connectivity index (χ1v) is 7.94. The zero-order chi connectivity index (χ0) is 16.1. The summed E-state index contributed by atoms with van der Waals surface area (Å²) < 4.78 is 5.55. The molecule has 0 fully saturated rings. The van der Waals surface area contributed by atoms with Gasteiger partial charge in [0.15, 0.2) is 6.61 Å². The predicted octanol–water partition coefficient (Wildman–Crippen LogP) is 3.13. The van der Waals surface area contributed by atoms with Crippen LogP contribution in [0.25, 0.3) is 10.9 Å². The number of hydrazone groups is 1. The molecule has 116 valence electrons. The van der Waals surface area contributed by atoms with E-state index in [4.69, 9.17) is 4.74 Å². The van der Waals surface area contributed by atoms with Gasteiger partial charge in [0.1, 0.15) is 11.3 Å². The van der Waals surface area contributed by atoms with Crippen molar-refractivity contribution in [3.8, 4) is 5.75 Å². The standard InChI is InChI=1S/C17H15N3O2S/c1-12-7-9-23-15(12)10-19-20-16(21)11-22-14-6-2-4-13-5-3-8-18-17(13)14/h2-10H,11H2,1H3,(H,20,21)/b19-10-. The van der Waals surface area contributed by atoms with E-state index in [-0.39, 0.29) is 12.5 Å². The van der Waals surface area contributed by atoms with Crippen LogP contribution in [0.2, 0.25) is 0 Å². The molecule has 5 nitrogen and oxygen atoms in total. The fourth-order valence-corrected chi connectivity index (χ4v) is 2.83. The van der Waals surface area contributed by atoms with Gasteiger partial charge >= 0.3 is 0 Å². The SMILES string of the molecule is Cc1ccsc1/C=N\NC(=O)COc1cccc2cccnc12. The van der Waals surface area contributed by atoms with Crippen LogP contribution in [0, 0.1) is 6.92 Å². The lowest BCUT2D eigenvalue weighted by Crippen LogP contribution is -2.24. The summed E-state index contributed by atoms with van der Waals surface area (Å²) in [5.41, 5.74) is 4.33. The average molecular weight is 325 g/mol. The number of aryl methyl sites for hydroxylation is 1. The minimum absolute atomic E-state index is 0.115. The summed E-state index contributed by atoms with van der Waals surface area (Å²) in [4.78, 5) is 17.1. The summed E-state index contributed by atoms with van der Waals surface area (Å²) in [7, 11) is 0. The molecule has 6 heteroatoms. The smallest absolute Gasteiger partial charge is 0.277 e. The van der Waals surface area contributed by atoms with E-state index < -0.39 is 0 Å². The van der Waals surface area contributed by atoms with Gasteiger partial charge in [-0.15, -0.1) is 11.3 Å². The fraction of sp³-hybridized carbons (Fsp3) is 0.118. The van der Waals surface area contributed by atoms with E-state index >= 15 is 0 Å². The number of fused-ring (bicyclic) bond motifs is 1. The lowest BCUT2D eigenvalue weighted by molar-refractivity contribution is -0.123. The van der Waals surface area contributed by atoms with Crippen molar-refractivity contribution in [2.45, 2.75) is 6.92 Å². The third kappa shape index (κ3) is 3.73. The van der Waals surface area contributed by atoms with Crippen LogP contribution in [-0.4, -0.2) is 23.7 Å². The predicted molar refractivity (Wildman–Crippen MR) is 92.0 cm³/mol. The minimum atomic E-state index is -0.316. The number of ether oxygens (including phenoxy) is 1. The van der Waals surface area contributed by atoms with E-state index in [1.165, 1.54) is 0 Å². The average Bonchev–Trinajstić information content (AvgIpc) is 2.98. The number of nitrogens with zero attached hydrogens (tertiary/aromatic N) is 2. The topological polar surface area (TPSA) is 63.6 Å². The molecule has 1 N–H and O–H groups in total. The van der Waals surface area contributed by atoms with E-state index in [2.05, 4.69) is 15.5 Å². The number of carbonyl (C=O) groups excluding carboxylic acids is 1. The third-order valence-corrected chi connectivity index (χ3v) is 4.18. The van der Waals surface area contributed by atoms with Crippen LogP contribution < -0.4 is 10.2 Å². The largest absolute Gasteiger partial charge is 0.481 e. The molecule has 0 saturated heterocycles. The van der Waals surface area contributed by atoms with Gasteiger partial charge in [0.2, 0.25) is 0 Å². The summed E-state index contributed by atoms with van der Waals surface area (Å²) in [5, 5.41) is 6.89. The third-order valence-electron chi connectivity index (χ3n) is 3.23. The highest BCUT2D eigenvalue weighted by molar-refractivity contribution is 7.11. The number of aromatic nitrogens is 1. The maximum absolute atomic E-state index is 11.8. The van der Waals surface area contributed by atoms with Crippen LogP contribution >= 0.6 is 11.3 Å². The Morgan fingerprint density at radius 1 is 1.35 bits per heavy atom. The first-order chi connectivity index (χ1) is 11.2. The summed E-state index contributed by atoms with van der Waals surface area (Å²) in [6, 6.07) is 11.4. The highest BCUT2D eigenvalue weighted by Gasteiger charge is 2.06. The number of thiophene rings is 1. The van der Waals surface area contributed by atoms with E-state index in [0.717, 1.165) is 21.3 Å². The van der Waals surface area contributed by atoms with Crippen molar-refractivity contribution in [3.05, 3.63) is 58.4 Å². The number of pyridine rings is 1. The molecule has 1 amide bonds. The molecule has 0 unspecified atom stereocenters. The first-order valence-electron chi connectivity index (χ1n) is 7.06. The molecule has 0 aliphatic heterocycles. The lowest BCUT2D eigenvalue weighted by Gasteiger charge is -2.07. The molecule has 1 aromatic carbocycles. The van der Waals surface area contributed by atoms with Gasteiger partial charge in [-0.25, -0.2) is 5.43 Å². The summed E-state index contributed by atoms with van der Waals surface area (Å²) in [6.45, 7) is 1.88. The van der Waals surface area contributed by atoms with Gasteiger partial charge in [0, 0.05) is 16.5 Å². The van der Waals surface area contributed by atoms with E-state index in [0.29, 0.717) is 5.75 Å². The molecule has 0 radical (unpaired) electrons. The van der Waals surface area contributed by atoms with Crippen molar-refractivity contribution in [2.24, 2.45) is 5.10 Å². The number of nitrogens with one attached hydrogen (secondary N) is 1. The molecule has 0 aliphatic carbocycles. The second-order valence-corrected chi connectivity index (χ2v) is 5.83. The monoisotopic (exact) mass is 325 g/mol. The molecule has 0 aliphatic rings. The number of rotatable bonds is 5. The van der Waals surface area contributed by atoms with Crippen LogP contribution in [0.5, 0.6) is 5.75 Å². The molecular formula is C17H15N3O2S. The van der Waals surface area contributed by atoms with Gasteiger partial charge in [-0.1, -0.05) is 18.2 Å². The molecular weight excluding hydrogens is 310 g/mol. The van der Waals surface area contributed by atoms with Gasteiger partial charge in [0.25, 0.3) is 5.91 Å². The Bertz CT molecular complexity index is 852. The summed E-state index contributed by atoms with van der Waals surface area (Å²) >= 11 is 1.57. The molecule has 3 rings (SSSR count). The fourth-order valence-electron chi connectivity index (χ4n) is 2.05. The molecule has 0 spiro atoms. The van der Waals surface area contributed by atoms with E-state index in [9.17, 15) is 4.79 Å². The van der Waals surface area contributed by atoms with Crippen molar-refractivity contribution in [3.63, 3.8) is 0 Å². The van der Waals surface area contributed by atoms with E-state index in [1.54, 1.807) is 29.8 Å². The molecule has 23 heavy (non-hydrogen) atoms. The van der Waals surface area contributed by atoms with Gasteiger partial charge in [-0.05, 0) is 36.1 Å². The van der Waals surface area contributed by atoms with Crippen molar-refractivity contribution in [1.29, 1.82) is 0 Å². The Kier molecular flexibility index (Phi) is 4.63. The molecule has 2 aromatic heterocycles. The van der Waals surface area contributed by atoms with Gasteiger partial charge in [-0.2, -0.15) is 5.10 Å².